The molecule has 5 nitrogen and oxygen atoms in total. The molecule has 2 N–H and O–H groups in total. The van der Waals surface area contributed by atoms with Crippen LogP contribution < -0.4 is 10.1 Å². The molecule has 0 radical (unpaired) electrons. The number of para-hydroxylation sites is 1. The van der Waals surface area contributed by atoms with Crippen LogP contribution in [0.25, 0.3) is 0 Å². The van der Waals surface area contributed by atoms with Crippen molar-refractivity contribution in [3.63, 3.8) is 0 Å². The normalized spacial score (nSPS) is 10.5. The second-order valence-electron chi connectivity index (χ2n) is 6.07. The highest BCUT2D eigenvalue weighted by Crippen LogP contribution is 2.25. The highest BCUT2D eigenvalue weighted by Gasteiger charge is 2.08. The first kappa shape index (κ1) is 18.5. The fourth-order valence-corrected chi connectivity index (χ4v) is 2.50. The summed E-state index contributed by atoms with van der Waals surface area (Å²) >= 11 is 0. The molecular formula is C20H23NO4. The fraction of sp³-hybridized carbons (Fsp3) is 0.300. The third-order valence-corrected chi connectivity index (χ3v) is 3.76. The number of carboxylic acid groups (broad SMARTS) is 1. The molecular weight excluding hydrogens is 318 g/mol. The lowest BCUT2D eigenvalue weighted by atomic mass is 10.0. The predicted molar refractivity (Wildman–Crippen MR) is 96.1 cm³/mol. The Morgan fingerprint density at radius 3 is 2.60 bits per heavy atom. The molecule has 0 fully saturated rings. The summed E-state index contributed by atoms with van der Waals surface area (Å²) in [7, 11) is 0. The SMILES string of the molecule is CC(C)c1ccccc1OCCNC(=O)Cc1cccc(C(=O)O)c1. The Labute approximate surface area is 147 Å². The van der Waals surface area contributed by atoms with E-state index in [1.165, 1.54) is 12.1 Å². The summed E-state index contributed by atoms with van der Waals surface area (Å²) in [6.07, 6.45) is 0.143. The van der Waals surface area contributed by atoms with E-state index in [0.717, 1.165) is 11.3 Å². The van der Waals surface area contributed by atoms with Gasteiger partial charge in [-0.3, -0.25) is 4.79 Å². The number of carboxylic acids is 1. The van der Waals surface area contributed by atoms with Gasteiger partial charge in [0, 0.05) is 0 Å². The van der Waals surface area contributed by atoms with Gasteiger partial charge < -0.3 is 15.2 Å². The third kappa shape index (κ3) is 5.64. The van der Waals surface area contributed by atoms with Gasteiger partial charge in [0.15, 0.2) is 0 Å². The van der Waals surface area contributed by atoms with Gasteiger partial charge in [0.25, 0.3) is 0 Å². The van der Waals surface area contributed by atoms with E-state index in [9.17, 15) is 9.59 Å². The molecule has 0 aromatic heterocycles. The third-order valence-electron chi connectivity index (χ3n) is 3.76. The lowest BCUT2D eigenvalue weighted by molar-refractivity contribution is -0.120. The van der Waals surface area contributed by atoms with Crippen molar-refractivity contribution in [2.24, 2.45) is 0 Å². The smallest absolute Gasteiger partial charge is 0.335 e. The molecule has 2 rings (SSSR count). The Balaban J connectivity index is 1.80. The van der Waals surface area contributed by atoms with E-state index in [2.05, 4.69) is 19.2 Å². The molecule has 0 bridgehead atoms. The van der Waals surface area contributed by atoms with Crippen LogP contribution in [-0.2, 0) is 11.2 Å². The van der Waals surface area contributed by atoms with Crippen LogP contribution in [0.3, 0.4) is 0 Å². The average molecular weight is 341 g/mol. The van der Waals surface area contributed by atoms with Gasteiger partial charge in [0.2, 0.25) is 5.91 Å². The number of nitrogens with one attached hydrogen (secondary N) is 1. The van der Waals surface area contributed by atoms with Crippen molar-refractivity contribution in [1.29, 1.82) is 0 Å². The molecule has 0 heterocycles. The predicted octanol–water partition coefficient (Wildman–Crippen LogP) is 3.25. The summed E-state index contributed by atoms with van der Waals surface area (Å²) in [6.45, 7) is 4.99. The molecule has 0 atom stereocenters. The quantitative estimate of drug-likeness (QED) is 0.723. The van der Waals surface area contributed by atoms with Crippen LogP contribution in [0.1, 0.15) is 41.3 Å². The molecule has 5 heteroatoms. The number of aromatic carboxylic acids is 1. The van der Waals surface area contributed by atoms with E-state index in [1.807, 2.05) is 24.3 Å². The minimum absolute atomic E-state index is 0.143. The molecule has 0 saturated carbocycles. The van der Waals surface area contributed by atoms with Crippen molar-refractivity contribution in [3.05, 3.63) is 65.2 Å². The Morgan fingerprint density at radius 1 is 1.12 bits per heavy atom. The largest absolute Gasteiger partial charge is 0.491 e. The maximum atomic E-state index is 12.0. The molecule has 2 aromatic rings. The van der Waals surface area contributed by atoms with E-state index in [4.69, 9.17) is 9.84 Å². The van der Waals surface area contributed by atoms with Crippen molar-refractivity contribution >= 4 is 11.9 Å². The van der Waals surface area contributed by atoms with Gasteiger partial charge >= 0.3 is 5.97 Å². The van der Waals surface area contributed by atoms with E-state index >= 15 is 0 Å². The Bertz CT molecular complexity index is 740. The van der Waals surface area contributed by atoms with E-state index in [0.29, 0.717) is 24.6 Å². The molecule has 0 aliphatic carbocycles. The zero-order valence-corrected chi connectivity index (χ0v) is 14.5. The lowest BCUT2D eigenvalue weighted by Crippen LogP contribution is -2.29. The minimum Gasteiger partial charge on any atom is -0.491 e. The number of benzene rings is 2. The first-order chi connectivity index (χ1) is 12.0. The van der Waals surface area contributed by atoms with Crippen LogP contribution in [0, 0.1) is 0 Å². The number of ether oxygens (including phenoxy) is 1. The molecule has 132 valence electrons. The summed E-state index contributed by atoms with van der Waals surface area (Å²) in [5, 5.41) is 11.8. The zero-order valence-electron chi connectivity index (χ0n) is 14.5. The number of hydrogen-bond donors (Lipinski definition) is 2. The number of amides is 1. The maximum absolute atomic E-state index is 12.0. The highest BCUT2D eigenvalue weighted by molar-refractivity contribution is 5.88. The Hall–Kier alpha value is -2.82. The van der Waals surface area contributed by atoms with Crippen LogP contribution in [0.2, 0.25) is 0 Å². The first-order valence-electron chi connectivity index (χ1n) is 8.28. The van der Waals surface area contributed by atoms with Crippen LogP contribution in [0.5, 0.6) is 5.75 Å². The van der Waals surface area contributed by atoms with Crippen molar-refractivity contribution in [3.8, 4) is 5.75 Å². The van der Waals surface area contributed by atoms with Crippen LogP contribution >= 0.6 is 0 Å². The number of rotatable bonds is 8. The van der Waals surface area contributed by atoms with Gasteiger partial charge in [-0.2, -0.15) is 0 Å². The first-order valence-corrected chi connectivity index (χ1v) is 8.28. The molecule has 1 amide bonds. The topological polar surface area (TPSA) is 75.6 Å². The monoisotopic (exact) mass is 341 g/mol. The summed E-state index contributed by atoms with van der Waals surface area (Å²) in [5.74, 6) is 0.0379. The molecule has 0 unspecified atom stereocenters. The van der Waals surface area contributed by atoms with Gasteiger partial charge in [-0.05, 0) is 35.2 Å². The Kier molecular flexibility index (Phi) is 6.57. The number of carbonyl (C=O) groups is 2. The summed E-state index contributed by atoms with van der Waals surface area (Å²) in [5.41, 5.74) is 1.99. The van der Waals surface area contributed by atoms with Crippen molar-refractivity contribution < 1.29 is 19.4 Å². The van der Waals surface area contributed by atoms with E-state index < -0.39 is 5.97 Å². The van der Waals surface area contributed by atoms with Crippen LogP contribution in [0.15, 0.2) is 48.5 Å². The van der Waals surface area contributed by atoms with E-state index in [1.54, 1.807) is 12.1 Å². The molecule has 0 aliphatic rings. The van der Waals surface area contributed by atoms with Gasteiger partial charge in [-0.25, -0.2) is 4.79 Å². The molecule has 2 aromatic carbocycles. The maximum Gasteiger partial charge on any atom is 0.335 e. The standard InChI is InChI=1S/C20H23NO4/c1-14(2)17-8-3-4-9-18(17)25-11-10-21-19(22)13-15-6-5-7-16(12-15)20(23)24/h3-9,12,14H,10-11,13H2,1-2H3,(H,21,22)(H,23,24). The van der Waals surface area contributed by atoms with Gasteiger partial charge in [-0.15, -0.1) is 0 Å². The van der Waals surface area contributed by atoms with Crippen LogP contribution in [-0.4, -0.2) is 30.1 Å². The van der Waals surface area contributed by atoms with Gasteiger partial charge in [0.1, 0.15) is 12.4 Å². The van der Waals surface area contributed by atoms with Crippen molar-refractivity contribution in [2.75, 3.05) is 13.2 Å². The molecule has 25 heavy (non-hydrogen) atoms. The molecule has 0 spiro atoms. The number of carbonyl (C=O) groups excluding carboxylic acids is 1. The lowest BCUT2D eigenvalue weighted by Gasteiger charge is -2.14. The van der Waals surface area contributed by atoms with Gasteiger partial charge in [-0.1, -0.05) is 44.2 Å². The Morgan fingerprint density at radius 2 is 1.88 bits per heavy atom. The summed E-state index contributed by atoms with van der Waals surface area (Å²) in [6, 6.07) is 14.3. The second-order valence-corrected chi connectivity index (χ2v) is 6.07. The summed E-state index contributed by atoms with van der Waals surface area (Å²) < 4.78 is 5.76. The van der Waals surface area contributed by atoms with Crippen molar-refractivity contribution in [2.45, 2.75) is 26.2 Å². The summed E-state index contributed by atoms with van der Waals surface area (Å²) in [4.78, 5) is 22.9. The molecule has 0 saturated heterocycles. The number of hydrogen-bond acceptors (Lipinski definition) is 3. The average Bonchev–Trinajstić information content (AvgIpc) is 2.59. The zero-order chi connectivity index (χ0) is 18.2. The van der Waals surface area contributed by atoms with Crippen molar-refractivity contribution in [1.82, 2.24) is 5.32 Å². The second kappa shape index (κ2) is 8.87. The van der Waals surface area contributed by atoms with Gasteiger partial charge in [0.05, 0.1) is 18.5 Å². The molecule has 0 aliphatic heterocycles. The van der Waals surface area contributed by atoms with E-state index in [-0.39, 0.29) is 17.9 Å². The fourth-order valence-electron chi connectivity index (χ4n) is 2.50. The minimum atomic E-state index is -1.00. The highest BCUT2D eigenvalue weighted by atomic mass is 16.5. The van der Waals surface area contributed by atoms with Crippen LogP contribution in [0.4, 0.5) is 0 Å².